The molecule has 120 valence electrons. The van der Waals surface area contributed by atoms with Crippen LogP contribution >= 0.6 is 0 Å². The lowest BCUT2D eigenvalue weighted by Crippen LogP contribution is -2.24. The van der Waals surface area contributed by atoms with Gasteiger partial charge in [0, 0.05) is 12.4 Å². The molecule has 0 fully saturated rings. The monoisotopic (exact) mass is 302 g/mol. The minimum atomic E-state index is -0.561. The van der Waals surface area contributed by atoms with Crippen LogP contribution in [-0.2, 0) is 12.0 Å². The fourth-order valence-electron chi connectivity index (χ4n) is 2.34. The highest BCUT2D eigenvalue weighted by molar-refractivity contribution is 5.38. The highest BCUT2D eigenvalue weighted by Gasteiger charge is 2.15. The molecule has 2 aromatic rings. The molecule has 0 saturated carbocycles. The minimum Gasteiger partial charge on any atom is -0.491 e. The predicted molar refractivity (Wildman–Crippen MR) is 88.3 cm³/mol. The molecule has 0 bridgehead atoms. The fourth-order valence-corrected chi connectivity index (χ4v) is 2.34. The lowest BCUT2D eigenvalue weighted by atomic mass is 9.86. The summed E-state index contributed by atoms with van der Waals surface area (Å²) in [6, 6.07) is 6.24. The summed E-state index contributed by atoms with van der Waals surface area (Å²) in [5, 5.41) is 10.1. The Balaban J connectivity index is 1.95. The SMILES string of the molecule is Cc1cc(C(C)(C)C)ccc1OCC(O)Cn1ccnc1C. The topological polar surface area (TPSA) is 47.3 Å². The van der Waals surface area contributed by atoms with Gasteiger partial charge in [-0.2, -0.15) is 0 Å². The second-order valence-corrected chi connectivity index (χ2v) is 6.82. The van der Waals surface area contributed by atoms with E-state index in [0.717, 1.165) is 17.1 Å². The first kappa shape index (κ1) is 16.6. The van der Waals surface area contributed by atoms with E-state index in [-0.39, 0.29) is 12.0 Å². The molecule has 1 heterocycles. The van der Waals surface area contributed by atoms with Gasteiger partial charge in [0.2, 0.25) is 0 Å². The van der Waals surface area contributed by atoms with Crippen LogP contribution in [0, 0.1) is 13.8 Å². The Kier molecular flexibility index (Phi) is 4.91. The van der Waals surface area contributed by atoms with Crippen molar-refractivity contribution in [3.8, 4) is 5.75 Å². The number of imidazole rings is 1. The van der Waals surface area contributed by atoms with Crippen molar-refractivity contribution in [3.63, 3.8) is 0 Å². The van der Waals surface area contributed by atoms with E-state index in [1.54, 1.807) is 6.20 Å². The Morgan fingerprint density at radius 2 is 2.00 bits per heavy atom. The van der Waals surface area contributed by atoms with E-state index in [1.165, 1.54) is 5.56 Å². The van der Waals surface area contributed by atoms with Gasteiger partial charge in [0.25, 0.3) is 0 Å². The molecule has 2 rings (SSSR count). The molecule has 0 amide bonds. The van der Waals surface area contributed by atoms with Crippen molar-refractivity contribution in [1.82, 2.24) is 9.55 Å². The lowest BCUT2D eigenvalue weighted by Gasteiger charge is -2.21. The van der Waals surface area contributed by atoms with Crippen molar-refractivity contribution in [2.75, 3.05) is 6.61 Å². The van der Waals surface area contributed by atoms with Crippen molar-refractivity contribution in [2.24, 2.45) is 0 Å². The molecule has 1 unspecified atom stereocenters. The maximum atomic E-state index is 10.1. The number of rotatable bonds is 5. The zero-order valence-electron chi connectivity index (χ0n) is 14.1. The van der Waals surface area contributed by atoms with E-state index in [0.29, 0.717) is 6.54 Å². The van der Waals surface area contributed by atoms with Gasteiger partial charge in [0.05, 0.1) is 6.54 Å². The average Bonchev–Trinajstić information content (AvgIpc) is 2.82. The number of ether oxygens (including phenoxy) is 1. The molecule has 1 atom stereocenters. The molecule has 0 aliphatic rings. The summed E-state index contributed by atoms with van der Waals surface area (Å²) < 4.78 is 7.69. The quantitative estimate of drug-likeness (QED) is 0.922. The Labute approximate surface area is 132 Å². The van der Waals surface area contributed by atoms with Crippen LogP contribution in [0.5, 0.6) is 5.75 Å². The van der Waals surface area contributed by atoms with Crippen molar-refractivity contribution in [2.45, 2.75) is 52.7 Å². The Bertz CT molecular complexity index is 626. The van der Waals surface area contributed by atoms with Gasteiger partial charge >= 0.3 is 0 Å². The number of aryl methyl sites for hydroxylation is 2. The summed E-state index contributed by atoms with van der Waals surface area (Å²) in [7, 11) is 0. The number of aliphatic hydroxyl groups excluding tert-OH is 1. The maximum Gasteiger partial charge on any atom is 0.122 e. The van der Waals surface area contributed by atoms with Crippen LogP contribution < -0.4 is 4.74 Å². The number of aliphatic hydroxyl groups is 1. The van der Waals surface area contributed by atoms with Gasteiger partial charge in [-0.25, -0.2) is 4.98 Å². The molecule has 0 spiro atoms. The number of benzene rings is 1. The highest BCUT2D eigenvalue weighted by Crippen LogP contribution is 2.27. The summed E-state index contributed by atoms with van der Waals surface area (Å²) in [5.41, 5.74) is 2.51. The fraction of sp³-hybridized carbons (Fsp3) is 0.500. The Morgan fingerprint density at radius 1 is 1.27 bits per heavy atom. The number of aromatic nitrogens is 2. The van der Waals surface area contributed by atoms with E-state index in [4.69, 9.17) is 4.74 Å². The molecule has 0 aliphatic heterocycles. The number of nitrogens with zero attached hydrogens (tertiary/aromatic N) is 2. The smallest absolute Gasteiger partial charge is 0.122 e. The molecule has 4 nitrogen and oxygen atoms in total. The van der Waals surface area contributed by atoms with Gasteiger partial charge in [0.1, 0.15) is 24.3 Å². The Morgan fingerprint density at radius 3 is 2.55 bits per heavy atom. The standard InChI is InChI=1S/C18H26N2O2/c1-13-10-15(18(3,4)5)6-7-17(13)22-12-16(21)11-20-9-8-19-14(20)2/h6-10,16,21H,11-12H2,1-5H3. The van der Waals surface area contributed by atoms with Gasteiger partial charge in [-0.3, -0.25) is 0 Å². The normalized spacial score (nSPS) is 13.2. The Hall–Kier alpha value is -1.81. The number of hydrogen-bond acceptors (Lipinski definition) is 3. The van der Waals surface area contributed by atoms with Gasteiger partial charge < -0.3 is 14.4 Å². The summed E-state index contributed by atoms with van der Waals surface area (Å²) in [5.74, 6) is 1.72. The largest absolute Gasteiger partial charge is 0.491 e. The van der Waals surface area contributed by atoms with E-state index < -0.39 is 6.10 Å². The van der Waals surface area contributed by atoms with Crippen molar-refractivity contribution >= 4 is 0 Å². The zero-order chi connectivity index (χ0) is 16.3. The van der Waals surface area contributed by atoms with Crippen LogP contribution in [0.1, 0.15) is 37.7 Å². The van der Waals surface area contributed by atoms with E-state index >= 15 is 0 Å². The second-order valence-electron chi connectivity index (χ2n) is 6.82. The molecule has 1 N–H and O–H groups in total. The molecular weight excluding hydrogens is 276 g/mol. The summed E-state index contributed by atoms with van der Waals surface area (Å²) in [6.07, 6.45) is 3.04. The molecule has 22 heavy (non-hydrogen) atoms. The van der Waals surface area contributed by atoms with Gasteiger partial charge in [-0.05, 0) is 36.5 Å². The van der Waals surface area contributed by atoms with Crippen molar-refractivity contribution in [3.05, 3.63) is 47.5 Å². The third kappa shape index (κ3) is 4.10. The van der Waals surface area contributed by atoms with Gasteiger partial charge in [-0.1, -0.05) is 32.9 Å². The van der Waals surface area contributed by atoms with Crippen LogP contribution in [0.25, 0.3) is 0 Å². The third-order valence-electron chi connectivity index (χ3n) is 3.80. The highest BCUT2D eigenvalue weighted by atomic mass is 16.5. The van der Waals surface area contributed by atoms with Crippen LogP contribution in [0.4, 0.5) is 0 Å². The molecule has 0 saturated heterocycles. The molecule has 1 aromatic heterocycles. The van der Waals surface area contributed by atoms with E-state index in [2.05, 4.69) is 37.9 Å². The van der Waals surface area contributed by atoms with E-state index in [1.807, 2.05) is 30.7 Å². The third-order valence-corrected chi connectivity index (χ3v) is 3.80. The van der Waals surface area contributed by atoms with Crippen LogP contribution in [0.3, 0.4) is 0 Å². The van der Waals surface area contributed by atoms with Crippen molar-refractivity contribution in [1.29, 1.82) is 0 Å². The van der Waals surface area contributed by atoms with Gasteiger partial charge in [0.15, 0.2) is 0 Å². The minimum absolute atomic E-state index is 0.127. The van der Waals surface area contributed by atoms with Crippen LogP contribution in [0.15, 0.2) is 30.6 Å². The predicted octanol–water partition coefficient (Wildman–Crippen LogP) is 3.24. The average molecular weight is 302 g/mol. The number of hydrogen-bond donors (Lipinski definition) is 1. The van der Waals surface area contributed by atoms with Crippen LogP contribution in [0.2, 0.25) is 0 Å². The van der Waals surface area contributed by atoms with Gasteiger partial charge in [-0.15, -0.1) is 0 Å². The lowest BCUT2D eigenvalue weighted by molar-refractivity contribution is 0.0916. The second kappa shape index (κ2) is 6.53. The van der Waals surface area contributed by atoms with E-state index in [9.17, 15) is 5.11 Å². The summed E-state index contributed by atoms with van der Waals surface area (Å²) in [4.78, 5) is 4.15. The molecule has 1 aromatic carbocycles. The molecule has 0 radical (unpaired) electrons. The zero-order valence-corrected chi connectivity index (χ0v) is 14.1. The molecule has 4 heteroatoms. The molecular formula is C18H26N2O2. The maximum absolute atomic E-state index is 10.1. The summed E-state index contributed by atoms with van der Waals surface area (Å²) in [6.45, 7) is 11.3. The first-order valence-electron chi connectivity index (χ1n) is 7.67. The summed E-state index contributed by atoms with van der Waals surface area (Å²) >= 11 is 0. The first-order valence-corrected chi connectivity index (χ1v) is 7.67. The molecule has 0 aliphatic carbocycles. The van der Waals surface area contributed by atoms with Crippen LogP contribution in [-0.4, -0.2) is 27.4 Å². The first-order chi connectivity index (χ1) is 10.3. The van der Waals surface area contributed by atoms with Crippen molar-refractivity contribution < 1.29 is 9.84 Å².